The third kappa shape index (κ3) is 2.90. The zero-order valence-electron chi connectivity index (χ0n) is 8.27. The molecular weight excluding hydrogens is 202 g/mol. The number of carboxylic acids is 2. The number of aliphatic carboxylic acids is 2. The minimum Gasteiger partial charge on any atom is -0.473 e. The van der Waals surface area contributed by atoms with Crippen molar-refractivity contribution in [3.63, 3.8) is 0 Å². The van der Waals surface area contributed by atoms with Crippen LogP contribution in [0.1, 0.15) is 19.3 Å². The van der Waals surface area contributed by atoms with Crippen molar-refractivity contribution in [3.8, 4) is 0 Å². The molecule has 1 aliphatic heterocycles. The lowest BCUT2D eigenvalue weighted by Crippen LogP contribution is -2.43. The fraction of sp³-hybridized carbons (Fsp3) is 0.778. The summed E-state index contributed by atoms with van der Waals surface area (Å²) in [6.45, 7) is 1.48. The van der Waals surface area contributed by atoms with E-state index in [1.54, 1.807) is 0 Å². The number of carboxylic acid groups (broad SMARTS) is 2. The Morgan fingerprint density at radius 1 is 1.33 bits per heavy atom. The normalized spacial score (nSPS) is 31.9. The molecule has 0 spiro atoms. The van der Waals surface area contributed by atoms with Crippen molar-refractivity contribution >= 4 is 11.9 Å². The molecule has 2 atom stereocenters. The van der Waals surface area contributed by atoms with E-state index in [9.17, 15) is 0 Å². The van der Waals surface area contributed by atoms with E-state index in [1.165, 1.54) is 19.3 Å². The Morgan fingerprint density at radius 2 is 1.93 bits per heavy atom. The Balaban J connectivity index is 0.000000167. The van der Waals surface area contributed by atoms with Crippen molar-refractivity contribution in [2.24, 2.45) is 5.92 Å². The number of hydrogen-bond donors (Lipinski definition) is 4. The molecular formula is C9H15NO5. The van der Waals surface area contributed by atoms with E-state index in [4.69, 9.17) is 24.9 Å². The predicted molar refractivity (Wildman–Crippen MR) is 50.4 cm³/mol. The summed E-state index contributed by atoms with van der Waals surface area (Å²) >= 11 is 0. The van der Waals surface area contributed by atoms with Crippen molar-refractivity contribution in [1.29, 1.82) is 0 Å². The van der Waals surface area contributed by atoms with E-state index in [1.807, 2.05) is 0 Å². The molecule has 0 amide bonds. The number of nitrogens with one attached hydrogen (secondary N) is 1. The number of hydrogen-bond acceptors (Lipinski definition) is 4. The molecule has 1 saturated carbocycles. The fourth-order valence-corrected chi connectivity index (χ4v) is 2.13. The SMILES string of the molecule is O=C(O)C(=O)O.OCC12CCC(CN1)C2. The molecule has 2 aliphatic rings. The summed E-state index contributed by atoms with van der Waals surface area (Å²) in [5, 5.41) is 27.1. The summed E-state index contributed by atoms with van der Waals surface area (Å²) < 4.78 is 0. The number of rotatable bonds is 1. The minimum absolute atomic E-state index is 0.157. The average molecular weight is 217 g/mol. The van der Waals surface area contributed by atoms with Crippen LogP contribution in [0.2, 0.25) is 0 Å². The third-order valence-corrected chi connectivity index (χ3v) is 2.96. The fourth-order valence-electron chi connectivity index (χ4n) is 2.13. The molecule has 2 rings (SSSR count). The third-order valence-electron chi connectivity index (χ3n) is 2.96. The predicted octanol–water partition coefficient (Wildman–Crippen LogP) is -0.724. The second kappa shape index (κ2) is 4.59. The van der Waals surface area contributed by atoms with Gasteiger partial charge in [0.05, 0.1) is 6.61 Å². The zero-order valence-corrected chi connectivity index (χ0v) is 8.27. The Bertz CT molecular complexity index is 245. The van der Waals surface area contributed by atoms with Gasteiger partial charge >= 0.3 is 11.9 Å². The lowest BCUT2D eigenvalue weighted by atomic mass is 10.0. The number of aliphatic hydroxyl groups excluding tert-OH is 1. The van der Waals surface area contributed by atoms with Crippen LogP contribution in [0.3, 0.4) is 0 Å². The van der Waals surface area contributed by atoms with Crippen molar-refractivity contribution in [1.82, 2.24) is 5.32 Å². The van der Waals surface area contributed by atoms with E-state index >= 15 is 0 Å². The van der Waals surface area contributed by atoms with Gasteiger partial charge in [0.15, 0.2) is 0 Å². The van der Waals surface area contributed by atoms with Crippen molar-refractivity contribution in [3.05, 3.63) is 0 Å². The van der Waals surface area contributed by atoms with E-state index in [0.29, 0.717) is 6.61 Å². The van der Waals surface area contributed by atoms with Crippen molar-refractivity contribution < 1.29 is 24.9 Å². The van der Waals surface area contributed by atoms with Gasteiger partial charge in [0, 0.05) is 5.54 Å². The first kappa shape index (κ1) is 11.9. The maximum Gasteiger partial charge on any atom is 0.414 e. The molecule has 15 heavy (non-hydrogen) atoms. The number of carbonyl (C=O) groups is 2. The van der Waals surface area contributed by atoms with Gasteiger partial charge in [0.1, 0.15) is 0 Å². The summed E-state index contributed by atoms with van der Waals surface area (Å²) in [6.07, 6.45) is 3.73. The molecule has 2 bridgehead atoms. The van der Waals surface area contributed by atoms with Crippen molar-refractivity contribution in [2.75, 3.05) is 13.2 Å². The lowest BCUT2D eigenvalue weighted by molar-refractivity contribution is -0.159. The summed E-state index contributed by atoms with van der Waals surface area (Å²) in [7, 11) is 0. The topological polar surface area (TPSA) is 107 Å². The summed E-state index contributed by atoms with van der Waals surface area (Å²) in [4.78, 5) is 18.2. The lowest BCUT2D eigenvalue weighted by Gasteiger charge is -2.24. The van der Waals surface area contributed by atoms with Gasteiger partial charge < -0.3 is 20.6 Å². The molecule has 1 saturated heterocycles. The molecule has 0 aromatic heterocycles. The molecule has 2 unspecified atom stereocenters. The monoisotopic (exact) mass is 217 g/mol. The molecule has 6 nitrogen and oxygen atoms in total. The van der Waals surface area contributed by atoms with Crippen LogP contribution < -0.4 is 5.32 Å². The van der Waals surface area contributed by atoms with Crippen LogP contribution in [0.25, 0.3) is 0 Å². The van der Waals surface area contributed by atoms with Crippen LogP contribution >= 0.6 is 0 Å². The molecule has 1 heterocycles. The Labute approximate surface area is 86.9 Å². The second-order valence-electron chi connectivity index (χ2n) is 4.04. The second-order valence-corrected chi connectivity index (χ2v) is 4.04. The molecule has 1 aliphatic carbocycles. The van der Waals surface area contributed by atoms with Crippen LogP contribution in [-0.4, -0.2) is 45.9 Å². The van der Waals surface area contributed by atoms with Crippen molar-refractivity contribution in [2.45, 2.75) is 24.8 Å². The van der Waals surface area contributed by atoms with Gasteiger partial charge in [-0.2, -0.15) is 0 Å². The summed E-state index contributed by atoms with van der Waals surface area (Å²) in [6, 6.07) is 0. The molecule has 2 fully saturated rings. The highest BCUT2D eigenvalue weighted by molar-refractivity contribution is 6.27. The number of fused-ring (bicyclic) bond motifs is 2. The number of aliphatic hydroxyl groups is 1. The largest absolute Gasteiger partial charge is 0.473 e. The van der Waals surface area contributed by atoms with Crippen LogP contribution in [0, 0.1) is 5.92 Å². The van der Waals surface area contributed by atoms with Gasteiger partial charge in [-0.05, 0) is 31.7 Å². The van der Waals surface area contributed by atoms with Crippen LogP contribution in [0.5, 0.6) is 0 Å². The average Bonchev–Trinajstić information content (AvgIpc) is 2.79. The van der Waals surface area contributed by atoms with Gasteiger partial charge in [-0.15, -0.1) is 0 Å². The standard InChI is InChI=1S/C7H13NO.C2H2O4/c9-5-7-2-1-6(3-7)4-8-7;3-1(4)2(5)6/h6,8-9H,1-5H2;(H,3,4)(H,5,6). The van der Waals surface area contributed by atoms with Crippen LogP contribution in [-0.2, 0) is 9.59 Å². The first-order valence-electron chi connectivity index (χ1n) is 4.81. The highest BCUT2D eigenvalue weighted by Gasteiger charge is 2.43. The first-order chi connectivity index (χ1) is 6.99. The number of piperidine rings is 1. The molecule has 0 aromatic rings. The van der Waals surface area contributed by atoms with E-state index < -0.39 is 11.9 Å². The maximum absolute atomic E-state index is 9.10. The Morgan fingerprint density at radius 3 is 2.07 bits per heavy atom. The Kier molecular flexibility index (Phi) is 3.65. The maximum atomic E-state index is 9.10. The van der Waals surface area contributed by atoms with Gasteiger partial charge in [-0.25, -0.2) is 9.59 Å². The molecule has 0 radical (unpaired) electrons. The Hall–Kier alpha value is -1.14. The molecule has 0 aromatic carbocycles. The van der Waals surface area contributed by atoms with Crippen LogP contribution in [0.15, 0.2) is 0 Å². The molecule has 6 heteroatoms. The smallest absolute Gasteiger partial charge is 0.414 e. The van der Waals surface area contributed by atoms with Crippen LogP contribution in [0.4, 0.5) is 0 Å². The van der Waals surface area contributed by atoms with Gasteiger partial charge in [-0.1, -0.05) is 0 Å². The van der Waals surface area contributed by atoms with Gasteiger partial charge in [-0.3, -0.25) is 0 Å². The van der Waals surface area contributed by atoms with E-state index in [0.717, 1.165) is 12.5 Å². The highest BCUT2D eigenvalue weighted by atomic mass is 16.4. The first-order valence-corrected chi connectivity index (χ1v) is 4.81. The van der Waals surface area contributed by atoms with Gasteiger partial charge in [0.2, 0.25) is 0 Å². The van der Waals surface area contributed by atoms with E-state index in [-0.39, 0.29) is 5.54 Å². The quantitative estimate of drug-likeness (QED) is 0.432. The minimum atomic E-state index is -1.82. The molecule has 4 N–H and O–H groups in total. The zero-order chi connectivity index (χ0) is 11.5. The summed E-state index contributed by atoms with van der Waals surface area (Å²) in [5.41, 5.74) is 0.157. The summed E-state index contributed by atoms with van der Waals surface area (Å²) in [5.74, 6) is -2.78. The van der Waals surface area contributed by atoms with Gasteiger partial charge in [0.25, 0.3) is 0 Å². The molecule has 86 valence electrons. The highest BCUT2D eigenvalue weighted by Crippen LogP contribution is 2.39. The van der Waals surface area contributed by atoms with E-state index in [2.05, 4.69) is 5.32 Å².